The number of hydrogen-bond donors (Lipinski definition) is 0. The number of benzene rings is 1. The summed E-state index contributed by atoms with van der Waals surface area (Å²) in [6, 6.07) is 7.15. The highest BCUT2D eigenvalue weighted by atomic mass is 16.6. The van der Waals surface area contributed by atoms with Gasteiger partial charge in [0, 0.05) is 29.9 Å². The molecule has 0 amide bonds. The lowest BCUT2D eigenvalue weighted by molar-refractivity contribution is -0.155. The monoisotopic (exact) mass is 566 g/mol. The Morgan fingerprint density at radius 2 is 1.61 bits per heavy atom. The maximum absolute atomic E-state index is 11.6. The first-order valence-corrected chi connectivity index (χ1v) is 14.3. The molecule has 5 unspecified atom stereocenters. The highest BCUT2D eigenvalue weighted by Crippen LogP contribution is 2.55. The van der Waals surface area contributed by atoms with Crippen molar-refractivity contribution >= 4 is 30.0 Å². The van der Waals surface area contributed by atoms with E-state index in [1.807, 2.05) is 12.1 Å². The number of rotatable bonds is 7. The molecule has 1 saturated heterocycles. The third kappa shape index (κ3) is 7.96. The lowest BCUT2D eigenvalue weighted by atomic mass is 9.87. The largest absolute Gasteiger partial charge is 0.462 e. The van der Waals surface area contributed by atoms with E-state index < -0.39 is 5.97 Å². The fourth-order valence-electron chi connectivity index (χ4n) is 5.99. The third-order valence-electron chi connectivity index (χ3n) is 8.19. The molecule has 0 aromatic heterocycles. The average molecular weight is 567 g/mol. The zero-order valence-electron chi connectivity index (χ0n) is 24.6. The van der Waals surface area contributed by atoms with Crippen LogP contribution >= 0.6 is 0 Å². The highest BCUT2D eigenvalue weighted by molar-refractivity contribution is 5.88. The zero-order valence-corrected chi connectivity index (χ0v) is 24.6. The molecule has 5 rings (SSSR count). The van der Waals surface area contributed by atoms with E-state index in [2.05, 4.69) is 26.7 Å². The van der Waals surface area contributed by atoms with E-state index in [0.29, 0.717) is 22.8 Å². The van der Waals surface area contributed by atoms with Gasteiger partial charge in [-0.3, -0.25) is 9.59 Å². The Morgan fingerprint density at radius 1 is 1.00 bits per heavy atom. The van der Waals surface area contributed by atoms with Crippen LogP contribution in [0.25, 0.3) is 6.08 Å². The van der Waals surface area contributed by atoms with E-state index in [4.69, 9.17) is 18.9 Å². The summed E-state index contributed by atoms with van der Waals surface area (Å²) in [5, 5.41) is 0. The van der Waals surface area contributed by atoms with Crippen molar-refractivity contribution in [2.24, 2.45) is 17.8 Å². The summed E-state index contributed by atoms with van der Waals surface area (Å²) in [7, 11) is 0. The summed E-state index contributed by atoms with van der Waals surface area (Å²) in [5.41, 5.74) is 1.71. The van der Waals surface area contributed by atoms with Gasteiger partial charge < -0.3 is 18.9 Å². The van der Waals surface area contributed by atoms with Crippen LogP contribution in [0.1, 0.15) is 78.2 Å². The molecule has 8 heteroatoms. The molecule has 1 aromatic rings. The second kappa shape index (κ2) is 13.8. The smallest absolute Gasteiger partial charge is 0.333 e. The lowest BCUT2D eigenvalue weighted by Crippen LogP contribution is -2.35. The number of carbonyl (C=O) groups excluding carboxylic acids is 4. The summed E-state index contributed by atoms with van der Waals surface area (Å²) >= 11 is 0. The molecule has 222 valence electrons. The molecule has 8 nitrogen and oxygen atoms in total. The first-order valence-electron chi connectivity index (χ1n) is 14.3. The second-order valence-electron chi connectivity index (χ2n) is 11.3. The van der Waals surface area contributed by atoms with Gasteiger partial charge in [-0.05, 0) is 76.5 Å². The van der Waals surface area contributed by atoms with Gasteiger partial charge in [-0.2, -0.15) is 0 Å². The highest BCUT2D eigenvalue weighted by Gasteiger charge is 2.63. The van der Waals surface area contributed by atoms with Gasteiger partial charge in [-0.25, -0.2) is 9.59 Å². The van der Waals surface area contributed by atoms with E-state index in [9.17, 15) is 19.2 Å². The van der Waals surface area contributed by atoms with Crippen LogP contribution in [0.5, 0.6) is 5.75 Å². The molecule has 3 aliphatic carbocycles. The molecule has 4 fully saturated rings. The molecular weight excluding hydrogens is 524 g/mol. The summed E-state index contributed by atoms with van der Waals surface area (Å²) in [6.07, 6.45) is 8.65. The van der Waals surface area contributed by atoms with Gasteiger partial charge in [-0.1, -0.05) is 44.9 Å². The minimum atomic E-state index is -0.395. The van der Waals surface area contributed by atoms with Crippen molar-refractivity contribution < 1.29 is 38.1 Å². The van der Waals surface area contributed by atoms with Crippen molar-refractivity contribution in [2.45, 2.75) is 90.4 Å². The SMILES string of the molecule is C=C(C)C(=O)OC1(CC)CCCC1.C=C(C)C(=O)OC1C2CC3OC(=O)C1C3C2.C=Cc1ccc(OC(C)=O)cc1. The van der Waals surface area contributed by atoms with E-state index >= 15 is 0 Å². The Bertz CT molecular complexity index is 1170. The Kier molecular flexibility index (Phi) is 10.7. The Morgan fingerprint density at radius 3 is 2.12 bits per heavy atom. The molecule has 1 aliphatic heterocycles. The predicted molar refractivity (Wildman–Crippen MR) is 155 cm³/mol. The second-order valence-corrected chi connectivity index (χ2v) is 11.3. The van der Waals surface area contributed by atoms with Crippen LogP contribution in [0.3, 0.4) is 0 Å². The quantitative estimate of drug-likeness (QED) is 0.168. The molecule has 0 N–H and O–H groups in total. The van der Waals surface area contributed by atoms with Gasteiger partial charge in [0.15, 0.2) is 0 Å². The van der Waals surface area contributed by atoms with Crippen LogP contribution < -0.4 is 4.74 Å². The van der Waals surface area contributed by atoms with Gasteiger partial charge in [0.2, 0.25) is 0 Å². The molecule has 1 aromatic carbocycles. The minimum absolute atomic E-state index is 0.0854. The number of fused-ring (bicyclic) bond motifs is 1. The van der Waals surface area contributed by atoms with Gasteiger partial charge in [0.1, 0.15) is 29.5 Å². The number of esters is 4. The normalized spacial score (nSPS) is 25.9. The Hall–Kier alpha value is -3.68. The Labute approximate surface area is 242 Å². The van der Waals surface area contributed by atoms with Gasteiger partial charge >= 0.3 is 23.9 Å². The summed E-state index contributed by atoms with van der Waals surface area (Å²) in [4.78, 5) is 45.0. The van der Waals surface area contributed by atoms with Crippen molar-refractivity contribution in [1.29, 1.82) is 0 Å². The lowest BCUT2D eigenvalue weighted by Gasteiger charge is -2.27. The minimum Gasteiger partial charge on any atom is -0.462 e. The van der Waals surface area contributed by atoms with Crippen molar-refractivity contribution in [3.05, 3.63) is 60.7 Å². The molecule has 41 heavy (non-hydrogen) atoms. The fourth-order valence-corrected chi connectivity index (χ4v) is 5.99. The van der Waals surface area contributed by atoms with Crippen molar-refractivity contribution in [1.82, 2.24) is 0 Å². The Balaban J connectivity index is 0.000000172. The topological polar surface area (TPSA) is 105 Å². The van der Waals surface area contributed by atoms with Crippen molar-refractivity contribution in [2.75, 3.05) is 0 Å². The van der Waals surface area contributed by atoms with E-state index in [1.54, 1.807) is 32.1 Å². The van der Waals surface area contributed by atoms with E-state index in [0.717, 1.165) is 37.7 Å². The van der Waals surface area contributed by atoms with Crippen molar-refractivity contribution in [3.8, 4) is 5.75 Å². The zero-order chi connectivity index (χ0) is 30.3. The van der Waals surface area contributed by atoms with Crippen LogP contribution in [0.4, 0.5) is 0 Å². The van der Waals surface area contributed by atoms with E-state index in [-0.39, 0.29) is 47.6 Å². The summed E-state index contributed by atoms with van der Waals surface area (Å²) in [5.74, 6) is -0.191. The van der Waals surface area contributed by atoms with Gasteiger partial charge in [-0.15, -0.1) is 0 Å². The number of carbonyl (C=O) groups is 4. The van der Waals surface area contributed by atoms with E-state index in [1.165, 1.54) is 19.8 Å². The maximum atomic E-state index is 11.6. The third-order valence-corrected chi connectivity index (χ3v) is 8.19. The van der Waals surface area contributed by atoms with Crippen molar-refractivity contribution in [3.63, 3.8) is 0 Å². The van der Waals surface area contributed by atoms with Crippen LogP contribution in [-0.4, -0.2) is 41.7 Å². The molecule has 3 saturated carbocycles. The maximum Gasteiger partial charge on any atom is 0.333 e. The van der Waals surface area contributed by atoms with Crippen LogP contribution in [-0.2, 0) is 33.4 Å². The fraction of sp³-hybridized carbons (Fsp3) is 0.515. The van der Waals surface area contributed by atoms with Gasteiger partial charge in [0.05, 0.1) is 0 Å². The number of ether oxygens (including phenoxy) is 4. The van der Waals surface area contributed by atoms with Crippen LogP contribution in [0.15, 0.2) is 55.1 Å². The van der Waals surface area contributed by atoms with Crippen LogP contribution in [0.2, 0.25) is 0 Å². The molecule has 0 radical (unpaired) electrons. The molecule has 4 aliphatic rings. The molecule has 1 heterocycles. The standard InChI is InChI=1S/C12H14O4.C11H18O2.C10H10O2/c1-5(2)11(13)16-10-6-3-7-8(4-6)15-12(14)9(7)10;1-4-11(7-5-6-8-11)13-10(12)9(2)3;1-3-9-4-6-10(7-5-9)12-8(2)11/h6-10H,1,3-4H2,2H3;2,4-8H2,1,3H3;3-7H,1H2,2H3. The molecule has 2 bridgehead atoms. The average Bonchev–Trinajstić information content (AvgIpc) is 3.68. The number of hydrogen-bond acceptors (Lipinski definition) is 8. The van der Waals surface area contributed by atoms with Gasteiger partial charge in [0.25, 0.3) is 0 Å². The molecule has 5 atom stereocenters. The summed E-state index contributed by atoms with van der Waals surface area (Å²) < 4.78 is 20.9. The first kappa shape index (κ1) is 31.8. The molecular formula is C33H42O8. The van der Waals surface area contributed by atoms with Crippen LogP contribution in [0, 0.1) is 17.8 Å². The summed E-state index contributed by atoms with van der Waals surface area (Å²) in [6.45, 7) is 17.5. The molecule has 0 spiro atoms. The predicted octanol–water partition coefficient (Wildman–Crippen LogP) is 6.14. The first-order chi connectivity index (χ1) is 19.4.